The quantitative estimate of drug-likeness (QED) is 0.561. The first-order valence-corrected chi connectivity index (χ1v) is 13.4. The summed E-state index contributed by atoms with van der Waals surface area (Å²) in [5, 5.41) is 0.0283. The molecule has 1 N–H and O–H groups in total. The summed E-state index contributed by atoms with van der Waals surface area (Å²) in [6, 6.07) is 9.15. The number of ether oxygens (including phenoxy) is 4. The number of fused-ring (bicyclic) bond motifs is 1. The van der Waals surface area contributed by atoms with Crippen molar-refractivity contribution in [3.63, 3.8) is 0 Å². The molecular weight excluding hydrogens is 402 g/mol. The highest BCUT2D eigenvalue weighted by Crippen LogP contribution is 2.44. The Kier molecular flexibility index (Phi) is 6.43. The van der Waals surface area contributed by atoms with Gasteiger partial charge < -0.3 is 23.9 Å². The first-order chi connectivity index (χ1) is 13.9. The summed E-state index contributed by atoms with van der Waals surface area (Å²) >= 11 is 0. The van der Waals surface area contributed by atoms with Crippen molar-refractivity contribution in [1.82, 2.24) is 4.98 Å². The molecule has 1 saturated carbocycles. The van der Waals surface area contributed by atoms with Crippen LogP contribution in [-0.4, -0.2) is 50.6 Å². The van der Waals surface area contributed by atoms with Gasteiger partial charge in [-0.05, 0) is 5.04 Å². The van der Waals surface area contributed by atoms with Crippen molar-refractivity contribution < 1.29 is 28.5 Å². The SMILES string of the molecule is CC(=O)O[C@H]1C(N[Si](C)(C)C(C)(C)C)[C@H](OC(C)=O)[C@H]2OC(c3ccccc3)O[C@H]21. The third kappa shape index (κ3) is 4.61. The average molecular weight is 436 g/mol. The Hall–Kier alpha value is -1.74. The summed E-state index contributed by atoms with van der Waals surface area (Å²) in [7, 11) is -2.03. The van der Waals surface area contributed by atoms with Crippen LogP contribution in [0.3, 0.4) is 0 Å². The second-order valence-corrected chi connectivity index (χ2v) is 14.7. The van der Waals surface area contributed by atoms with Gasteiger partial charge in [-0.2, -0.15) is 0 Å². The maximum atomic E-state index is 11.9. The Morgan fingerprint density at radius 3 is 1.80 bits per heavy atom. The van der Waals surface area contributed by atoms with Crippen molar-refractivity contribution in [1.29, 1.82) is 0 Å². The highest BCUT2D eigenvalue weighted by Gasteiger charge is 2.61. The summed E-state index contributed by atoms with van der Waals surface area (Å²) in [6.07, 6.45) is -2.93. The van der Waals surface area contributed by atoms with Crippen molar-refractivity contribution >= 4 is 20.2 Å². The summed E-state index contributed by atoms with van der Waals surface area (Å²) < 4.78 is 23.9. The third-order valence-electron chi connectivity index (χ3n) is 6.32. The van der Waals surface area contributed by atoms with E-state index in [0.29, 0.717) is 0 Å². The number of rotatable bonds is 5. The molecule has 1 heterocycles. The minimum absolute atomic E-state index is 0.0283. The maximum absolute atomic E-state index is 11.9. The van der Waals surface area contributed by atoms with Crippen molar-refractivity contribution in [2.24, 2.45) is 0 Å². The third-order valence-corrected chi connectivity index (χ3v) is 11.1. The first-order valence-electron chi connectivity index (χ1n) is 10.4. The van der Waals surface area contributed by atoms with Crippen molar-refractivity contribution in [3.05, 3.63) is 35.9 Å². The molecular formula is C22H33NO6Si. The van der Waals surface area contributed by atoms with Crippen molar-refractivity contribution in [2.75, 3.05) is 0 Å². The van der Waals surface area contributed by atoms with Gasteiger partial charge in [0, 0.05) is 19.4 Å². The molecule has 1 aromatic carbocycles. The topological polar surface area (TPSA) is 83.1 Å². The number of nitrogens with one attached hydrogen (secondary N) is 1. The second kappa shape index (κ2) is 8.41. The van der Waals surface area contributed by atoms with Gasteiger partial charge in [-0.25, -0.2) is 0 Å². The fourth-order valence-corrected chi connectivity index (χ4v) is 5.42. The molecule has 0 aromatic heterocycles. The Bertz CT molecular complexity index is 746. The lowest BCUT2D eigenvalue weighted by atomic mass is 10.2. The van der Waals surface area contributed by atoms with Crippen LogP contribution < -0.4 is 4.98 Å². The monoisotopic (exact) mass is 435 g/mol. The molecule has 6 atom stereocenters. The van der Waals surface area contributed by atoms with Gasteiger partial charge >= 0.3 is 11.9 Å². The molecule has 30 heavy (non-hydrogen) atoms. The van der Waals surface area contributed by atoms with Crippen LogP contribution in [-0.2, 0) is 28.5 Å². The predicted octanol–water partition coefficient (Wildman–Crippen LogP) is 3.31. The maximum Gasteiger partial charge on any atom is 0.303 e. The van der Waals surface area contributed by atoms with Crippen LogP contribution in [0.25, 0.3) is 0 Å². The van der Waals surface area contributed by atoms with Gasteiger partial charge in [0.2, 0.25) is 0 Å². The lowest BCUT2D eigenvalue weighted by Gasteiger charge is -2.42. The number of hydrogen-bond donors (Lipinski definition) is 1. The molecule has 7 nitrogen and oxygen atoms in total. The van der Waals surface area contributed by atoms with E-state index in [4.69, 9.17) is 18.9 Å². The molecule has 8 heteroatoms. The van der Waals surface area contributed by atoms with E-state index in [1.807, 2.05) is 30.3 Å². The number of carbonyl (C=O) groups excluding carboxylic acids is 2. The molecule has 2 fully saturated rings. The predicted molar refractivity (Wildman–Crippen MR) is 114 cm³/mol. The van der Waals surface area contributed by atoms with Crippen LogP contribution in [0.2, 0.25) is 18.1 Å². The zero-order valence-electron chi connectivity index (χ0n) is 18.8. The van der Waals surface area contributed by atoms with E-state index in [1.54, 1.807) is 0 Å². The Balaban J connectivity index is 1.94. The molecule has 1 aliphatic carbocycles. The van der Waals surface area contributed by atoms with E-state index in [9.17, 15) is 9.59 Å². The first kappa shape index (κ1) is 22.9. The summed E-state index contributed by atoms with van der Waals surface area (Å²) in [4.78, 5) is 27.6. The van der Waals surface area contributed by atoms with Gasteiger partial charge in [0.05, 0.1) is 6.04 Å². The summed E-state index contributed by atoms with van der Waals surface area (Å²) in [6.45, 7) is 13.7. The molecule has 0 amide bonds. The lowest BCUT2D eigenvalue weighted by molar-refractivity contribution is -0.165. The van der Waals surface area contributed by atoms with Crippen LogP contribution in [0.15, 0.2) is 30.3 Å². The van der Waals surface area contributed by atoms with Gasteiger partial charge in [0.1, 0.15) is 32.7 Å². The minimum Gasteiger partial charge on any atom is -0.458 e. The fourth-order valence-electron chi connectivity index (χ4n) is 3.83. The van der Waals surface area contributed by atoms with Crippen LogP contribution >= 0.6 is 0 Å². The van der Waals surface area contributed by atoms with Gasteiger partial charge in [-0.1, -0.05) is 64.2 Å². The largest absolute Gasteiger partial charge is 0.458 e. The molecule has 0 spiro atoms. The molecule has 0 radical (unpaired) electrons. The Morgan fingerprint density at radius 1 is 0.933 bits per heavy atom. The Morgan fingerprint density at radius 2 is 1.40 bits per heavy atom. The van der Waals surface area contributed by atoms with E-state index in [-0.39, 0.29) is 5.04 Å². The molecule has 1 aliphatic heterocycles. The molecule has 1 saturated heterocycles. The minimum atomic E-state index is -2.03. The van der Waals surface area contributed by atoms with E-state index < -0.39 is 56.9 Å². The van der Waals surface area contributed by atoms with Crippen LogP contribution in [0, 0.1) is 0 Å². The van der Waals surface area contributed by atoms with Gasteiger partial charge in [0.15, 0.2) is 6.29 Å². The van der Waals surface area contributed by atoms with Crippen molar-refractivity contribution in [2.45, 2.75) is 89.5 Å². The second-order valence-electron chi connectivity index (χ2n) is 9.64. The molecule has 2 unspecified atom stereocenters. The van der Waals surface area contributed by atoms with Crippen LogP contribution in [0.4, 0.5) is 0 Å². The number of esters is 2. The van der Waals surface area contributed by atoms with Gasteiger partial charge in [-0.15, -0.1) is 0 Å². The van der Waals surface area contributed by atoms with Gasteiger partial charge in [-0.3, -0.25) is 9.59 Å². The molecule has 2 aliphatic rings. The molecule has 166 valence electrons. The van der Waals surface area contributed by atoms with E-state index >= 15 is 0 Å². The number of benzene rings is 1. The number of carbonyl (C=O) groups is 2. The fraction of sp³-hybridized carbons (Fsp3) is 0.636. The smallest absolute Gasteiger partial charge is 0.303 e. The lowest BCUT2D eigenvalue weighted by Crippen LogP contribution is -2.62. The molecule has 0 bridgehead atoms. The highest BCUT2D eigenvalue weighted by atomic mass is 28.3. The van der Waals surface area contributed by atoms with Crippen LogP contribution in [0.5, 0.6) is 0 Å². The Labute approximate surface area is 179 Å². The highest BCUT2D eigenvalue weighted by molar-refractivity contribution is 6.77. The normalized spacial score (nSPS) is 31.3. The van der Waals surface area contributed by atoms with Gasteiger partial charge in [0.25, 0.3) is 0 Å². The molecule has 1 aromatic rings. The van der Waals surface area contributed by atoms with E-state index in [1.165, 1.54) is 13.8 Å². The summed E-state index contributed by atoms with van der Waals surface area (Å²) in [5.74, 6) is -0.813. The zero-order valence-corrected chi connectivity index (χ0v) is 19.8. The standard InChI is InChI=1S/C22H33NO6Si/c1-13(24)26-17-16(23-30(6,7)22(3,4)5)18(27-14(2)25)20-19(17)28-21(29-20)15-11-9-8-10-12-15/h8-12,16-21,23H,1-7H3/t16?,17-,18-,19-,20+,21?/m0/s1. The molecule has 3 rings (SSSR count). The van der Waals surface area contributed by atoms with Crippen molar-refractivity contribution in [3.8, 4) is 0 Å². The van der Waals surface area contributed by atoms with Crippen LogP contribution in [0.1, 0.15) is 46.5 Å². The van der Waals surface area contributed by atoms with E-state index in [0.717, 1.165) is 5.56 Å². The average Bonchev–Trinajstić information content (AvgIpc) is 3.15. The zero-order chi connectivity index (χ0) is 22.3. The summed E-state index contributed by atoms with van der Waals surface area (Å²) in [5.41, 5.74) is 0.865. The number of hydrogen-bond acceptors (Lipinski definition) is 7. The van der Waals surface area contributed by atoms with E-state index in [2.05, 4.69) is 38.8 Å².